The van der Waals surface area contributed by atoms with E-state index in [0.717, 1.165) is 16.9 Å². The summed E-state index contributed by atoms with van der Waals surface area (Å²) in [6.07, 6.45) is 3.22. The van der Waals surface area contributed by atoms with Crippen LogP contribution in [0.15, 0.2) is 46.0 Å². The van der Waals surface area contributed by atoms with Gasteiger partial charge in [-0.3, -0.25) is 9.69 Å². The van der Waals surface area contributed by atoms with E-state index in [2.05, 4.69) is 4.98 Å². The van der Waals surface area contributed by atoms with Crippen molar-refractivity contribution < 1.29 is 27.2 Å². The number of fused-ring (bicyclic) bond motifs is 1. The van der Waals surface area contributed by atoms with Gasteiger partial charge < -0.3 is 14.9 Å². The number of sulfonamides is 1. The number of thiophene rings is 1. The number of ether oxygens (including phenoxy) is 1. The number of hydrogen-bond acceptors (Lipinski definition) is 8. The fourth-order valence-electron chi connectivity index (χ4n) is 3.87. The Hall–Kier alpha value is -3.38. The number of carbonyl (C=O) groups is 2. The standard InChI is InChI=1S/C22H24N4O6S2/c1-13-16(18-24-10-12-32-18)33-19-17(13)34(29,30)26(22(2,3)20(23)27)21(28)25(19)11-9-14-7-5-6-8-15(14)31-4/h5-8,10,12H,9,11H2,1-4H3,(H2,23,27). The lowest BCUT2D eigenvalue weighted by molar-refractivity contribution is -0.124. The van der Waals surface area contributed by atoms with Crippen LogP contribution in [0.4, 0.5) is 9.80 Å². The van der Waals surface area contributed by atoms with Crippen molar-refractivity contribution in [3.05, 3.63) is 47.9 Å². The molecule has 4 rings (SSSR count). The van der Waals surface area contributed by atoms with Gasteiger partial charge in [0.2, 0.25) is 11.8 Å². The van der Waals surface area contributed by atoms with Gasteiger partial charge >= 0.3 is 6.03 Å². The molecule has 1 aliphatic heterocycles. The predicted octanol–water partition coefficient (Wildman–Crippen LogP) is 3.16. The fraction of sp³-hybridized carbons (Fsp3) is 0.318. The van der Waals surface area contributed by atoms with Crippen LogP contribution in [-0.4, -0.2) is 48.8 Å². The number of amides is 3. The van der Waals surface area contributed by atoms with E-state index >= 15 is 0 Å². The van der Waals surface area contributed by atoms with Crippen LogP contribution in [0.1, 0.15) is 25.0 Å². The van der Waals surface area contributed by atoms with Crippen molar-refractivity contribution in [3.63, 3.8) is 0 Å². The maximum absolute atomic E-state index is 13.7. The molecule has 2 aromatic heterocycles. The number of aromatic nitrogens is 1. The zero-order chi connectivity index (χ0) is 24.8. The first-order valence-electron chi connectivity index (χ1n) is 10.3. The number of nitrogens with two attached hydrogens (primary N) is 1. The highest BCUT2D eigenvalue weighted by Gasteiger charge is 2.53. The van der Waals surface area contributed by atoms with Crippen LogP contribution in [0.5, 0.6) is 5.75 Å². The third-order valence-corrected chi connectivity index (χ3v) is 9.30. The normalized spacial score (nSPS) is 15.4. The van der Waals surface area contributed by atoms with Crippen molar-refractivity contribution in [2.75, 3.05) is 18.6 Å². The topological polar surface area (TPSA) is 136 Å². The molecule has 10 nitrogen and oxygen atoms in total. The molecule has 0 spiro atoms. The number of nitrogens with zero attached hydrogens (tertiary/aromatic N) is 3. The van der Waals surface area contributed by atoms with Gasteiger partial charge in [0.05, 0.1) is 18.2 Å². The zero-order valence-corrected chi connectivity index (χ0v) is 20.7. The summed E-state index contributed by atoms with van der Waals surface area (Å²) >= 11 is 1.10. The van der Waals surface area contributed by atoms with Crippen molar-refractivity contribution in [2.45, 2.75) is 37.6 Å². The summed E-state index contributed by atoms with van der Waals surface area (Å²) in [4.78, 5) is 31.8. The van der Waals surface area contributed by atoms with Gasteiger partial charge in [0.25, 0.3) is 10.0 Å². The van der Waals surface area contributed by atoms with Crippen molar-refractivity contribution in [3.8, 4) is 16.5 Å². The van der Waals surface area contributed by atoms with Gasteiger partial charge in [-0.25, -0.2) is 22.5 Å². The van der Waals surface area contributed by atoms with Gasteiger partial charge in [-0.05, 0) is 44.4 Å². The summed E-state index contributed by atoms with van der Waals surface area (Å²) in [5.41, 5.74) is 4.94. The van der Waals surface area contributed by atoms with Gasteiger partial charge in [0, 0.05) is 6.54 Å². The molecule has 0 fully saturated rings. The summed E-state index contributed by atoms with van der Waals surface area (Å²) < 4.78 is 38.8. The number of urea groups is 1. The highest BCUT2D eigenvalue weighted by Crippen LogP contribution is 2.49. The second-order valence-electron chi connectivity index (χ2n) is 8.22. The Labute approximate surface area is 201 Å². The van der Waals surface area contributed by atoms with Gasteiger partial charge in [-0.1, -0.05) is 18.2 Å². The first kappa shape index (κ1) is 23.8. The second kappa shape index (κ2) is 8.44. The first-order chi connectivity index (χ1) is 16.0. The molecule has 0 saturated heterocycles. The fourth-order valence-corrected chi connectivity index (χ4v) is 7.54. The van der Waals surface area contributed by atoms with E-state index in [1.807, 2.05) is 24.3 Å². The Morgan fingerprint density at radius 3 is 2.62 bits per heavy atom. The van der Waals surface area contributed by atoms with E-state index in [4.69, 9.17) is 14.9 Å². The van der Waals surface area contributed by atoms with Crippen LogP contribution >= 0.6 is 11.3 Å². The van der Waals surface area contributed by atoms with E-state index < -0.39 is 27.5 Å². The van der Waals surface area contributed by atoms with E-state index in [9.17, 15) is 18.0 Å². The molecule has 1 aliphatic rings. The van der Waals surface area contributed by atoms with Crippen LogP contribution in [0.3, 0.4) is 0 Å². The number of primary amides is 1. The lowest BCUT2D eigenvalue weighted by Gasteiger charge is -2.41. The molecule has 0 saturated carbocycles. The predicted molar refractivity (Wildman–Crippen MR) is 126 cm³/mol. The maximum atomic E-state index is 13.7. The quantitative estimate of drug-likeness (QED) is 0.522. The number of methoxy groups -OCH3 is 1. The first-order valence-corrected chi connectivity index (χ1v) is 12.6. The van der Waals surface area contributed by atoms with E-state index in [1.165, 1.54) is 31.2 Å². The Morgan fingerprint density at radius 1 is 1.29 bits per heavy atom. The zero-order valence-electron chi connectivity index (χ0n) is 19.1. The molecule has 3 amide bonds. The molecular weight excluding hydrogens is 480 g/mol. The molecule has 0 radical (unpaired) electrons. The van der Waals surface area contributed by atoms with Gasteiger partial charge in [-0.15, -0.1) is 11.3 Å². The van der Waals surface area contributed by atoms with Crippen molar-refractivity contribution in [2.24, 2.45) is 5.73 Å². The molecule has 0 aliphatic carbocycles. The molecule has 0 unspecified atom stereocenters. The molecule has 3 aromatic rings. The molecule has 0 bridgehead atoms. The van der Waals surface area contributed by atoms with Gasteiger partial charge in [-0.2, -0.15) is 0 Å². The van der Waals surface area contributed by atoms with Crippen molar-refractivity contribution >= 4 is 38.3 Å². The Balaban J connectivity index is 1.88. The van der Waals surface area contributed by atoms with E-state index in [1.54, 1.807) is 14.0 Å². The minimum absolute atomic E-state index is 0.0698. The second-order valence-corrected chi connectivity index (χ2v) is 10.9. The average molecular weight is 505 g/mol. The largest absolute Gasteiger partial charge is 0.496 e. The third-order valence-electron chi connectivity index (χ3n) is 5.76. The van der Waals surface area contributed by atoms with Crippen LogP contribution in [0.2, 0.25) is 0 Å². The lowest BCUT2D eigenvalue weighted by Crippen LogP contribution is -2.63. The monoisotopic (exact) mass is 504 g/mol. The van der Waals surface area contributed by atoms with Gasteiger partial charge in [0.15, 0.2) is 0 Å². The number of hydrogen-bond donors (Lipinski definition) is 1. The molecule has 34 heavy (non-hydrogen) atoms. The van der Waals surface area contributed by atoms with E-state index in [-0.39, 0.29) is 22.3 Å². The Morgan fingerprint density at radius 2 is 2.00 bits per heavy atom. The Bertz CT molecular complexity index is 1360. The van der Waals surface area contributed by atoms with Gasteiger partial charge in [0.1, 0.15) is 27.4 Å². The number of para-hydroxylation sites is 1. The van der Waals surface area contributed by atoms with Crippen LogP contribution in [0, 0.1) is 6.92 Å². The number of oxazole rings is 1. The minimum atomic E-state index is -4.41. The number of carbonyl (C=O) groups excluding carboxylic acids is 2. The number of benzene rings is 1. The minimum Gasteiger partial charge on any atom is -0.496 e. The molecule has 2 N–H and O–H groups in total. The van der Waals surface area contributed by atoms with Crippen molar-refractivity contribution in [1.82, 2.24) is 9.29 Å². The third kappa shape index (κ3) is 3.62. The van der Waals surface area contributed by atoms with Crippen LogP contribution in [-0.2, 0) is 21.2 Å². The van der Waals surface area contributed by atoms with E-state index in [0.29, 0.717) is 26.9 Å². The number of anilines is 1. The molecular formula is C22H24N4O6S2. The SMILES string of the molecule is COc1ccccc1CCN1C(=O)N(C(C)(C)C(N)=O)S(=O)(=O)c2c1sc(-c1ncco1)c2C. The highest BCUT2D eigenvalue weighted by atomic mass is 32.2. The molecule has 12 heteroatoms. The summed E-state index contributed by atoms with van der Waals surface area (Å²) in [6, 6.07) is 6.51. The summed E-state index contributed by atoms with van der Waals surface area (Å²) in [5.74, 6) is -0.0553. The maximum Gasteiger partial charge on any atom is 0.340 e. The van der Waals surface area contributed by atoms with Crippen LogP contribution in [0.25, 0.3) is 10.8 Å². The molecule has 3 heterocycles. The van der Waals surface area contributed by atoms with Crippen LogP contribution < -0.4 is 15.4 Å². The molecule has 1 aromatic carbocycles. The summed E-state index contributed by atoms with van der Waals surface area (Å²) in [6.45, 7) is 4.38. The smallest absolute Gasteiger partial charge is 0.340 e. The molecule has 0 atom stereocenters. The average Bonchev–Trinajstić information content (AvgIpc) is 3.41. The van der Waals surface area contributed by atoms with Crippen molar-refractivity contribution in [1.29, 1.82) is 0 Å². The summed E-state index contributed by atoms with van der Waals surface area (Å²) in [5, 5.41) is 0.238. The summed E-state index contributed by atoms with van der Waals surface area (Å²) in [7, 11) is -2.85. The Kier molecular flexibility index (Phi) is 5.90. The lowest BCUT2D eigenvalue weighted by atomic mass is 10.1. The molecule has 180 valence electrons. The number of rotatable bonds is 7. The highest BCUT2D eigenvalue weighted by molar-refractivity contribution is 7.90.